The minimum absolute atomic E-state index is 0.00423. The molecule has 1 aliphatic rings. The van der Waals surface area contributed by atoms with Gasteiger partial charge in [-0.25, -0.2) is 4.39 Å². The third-order valence-corrected chi connectivity index (χ3v) is 3.51. The van der Waals surface area contributed by atoms with E-state index in [-0.39, 0.29) is 23.1 Å². The summed E-state index contributed by atoms with van der Waals surface area (Å²) in [5.74, 6) is -0.868. The number of rotatable bonds is 1. The number of amides is 2. The van der Waals surface area contributed by atoms with Crippen molar-refractivity contribution in [2.45, 2.75) is 13.3 Å². The molecule has 1 aromatic rings. The fourth-order valence-corrected chi connectivity index (χ4v) is 2.33. The maximum Gasteiger partial charge on any atom is 0.256 e. The summed E-state index contributed by atoms with van der Waals surface area (Å²) in [6.45, 7) is 3.63. The molecule has 5 nitrogen and oxygen atoms in total. The highest BCUT2D eigenvalue weighted by Gasteiger charge is 2.23. The molecule has 1 saturated heterocycles. The fraction of sp³-hybridized carbons (Fsp3) is 0.429. The van der Waals surface area contributed by atoms with E-state index < -0.39 is 5.82 Å². The van der Waals surface area contributed by atoms with E-state index in [1.165, 1.54) is 25.1 Å². The molecule has 0 saturated carbocycles. The minimum atomic E-state index is -0.587. The van der Waals surface area contributed by atoms with Gasteiger partial charge in [0.05, 0.1) is 11.3 Å². The number of benzene rings is 1. The summed E-state index contributed by atoms with van der Waals surface area (Å²) in [7, 11) is 0. The zero-order chi connectivity index (χ0) is 14.7. The van der Waals surface area contributed by atoms with Crippen LogP contribution in [0.4, 0.5) is 10.1 Å². The Morgan fingerprint density at radius 1 is 1.15 bits per heavy atom. The van der Waals surface area contributed by atoms with Crippen molar-refractivity contribution in [2.75, 3.05) is 31.9 Å². The van der Waals surface area contributed by atoms with E-state index >= 15 is 0 Å². The normalized spacial score (nSPS) is 15.9. The van der Waals surface area contributed by atoms with Crippen LogP contribution >= 0.6 is 0 Å². The molecule has 0 radical (unpaired) electrons. The van der Waals surface area contributed by atoms with Gasteiger partial charge < -0.3 is 15.5 Å². The Hall–Kier alpha value is -2.11. The van der Waals surface area contributed by atoms with Crippen LogP contribution in [0.5, 0.6) is 0 Å². The number of anilines is 1. The number of nitrogens with zero attached hydrogens (tertiary/aromatic N) is 2. The lowest BCUT2D eigenvalue weighted by molar-refractivity contribution is -0.128. The molecule has 1 fully saturated rings. The molecule has 6 heteroatoms. The zero-order valence-electron chi connectivity index (χ0n) is 11.4. The van der Waals surface area contributed by atoms with Crippen LogP contribution in [-0.2, 0) is 4.79 Å². The van der Waals surface area contributed by atoms with Crippen molar-refractivity contribution in [3.8, 4) is 0 Å². The van der Waals surface area contributed by atoms with Crippen LogP contribution < -0.4 is 5.73 Å². The average molecular weight is 279 g/mol. The van der Waals surface area contributed by atoms with Gasteiger partial charge in [0.2, 0.25) is 5.91 Å². The van der Waals surface area contributed by atoms with E-state index in [2.05, 4.69) is 0 Å². The van der Waals surface area contributed by atoms with Gasteiger partial charge in [-0.2, -0.15) is 0 Å². The summed E-state index contributed by atoms with van der Waals surface area (Å²) in [6.07, 6.45) is 0.709. The van der Waals surface area contributed by atoms with Crippen molar-refractivity contribution < 1.29 is 14.0 Å². The van der Waals surface area contributed by atoms with E-state index in [0.29, 0.717) is 32.6 Å². The molecule has 0 spiro atoms. The van der Waals surface area contributed by atoms with Gasteiger partial charge in [0.15, 0.2) is 0 Å². The SMILES string of the molecule is CC(=O)N1CCCN(C(=O)c2cccc(F)c2N)CC1. The van der Waals surface area contributed by atoms with Gasteiger partial charge in [0, 0.05) is 33.1 Å². The molecule has 0 aromatic heterocycles. The third-order valence-electron chi connectivity index (χ3n) is 3.51. The zero-order valence-corrected chi connectivity index (χ0v) is 11.4. The number of hydrogen-bond donors (Lipinski definition) is 1. The van der Waals surface area contributed by atoms with E-state index in [9.17, 15) is 14.0 Å². The molecule has 1 aliphatic heterocycles. The summed E-state index contributed by atoms with van der Waals surface area (Å²) in [5, 5.41) is 0. The topological polar surface area (TPSA) is 66.6 Å². The number of hydrogen-bond acceptors (Lipinski definition) is 3. The molecule has 0 unspecified atom stereocenters. The largest absolute Gasteiger partial charge is 0.396 e. The first-order valence-corrected chi connectivity index (χ1v) is 6.59. The number of nitrogen functional groups attached to an aromatic ring is 1. The summed E-state index contributed by atoms with van der Waals surface area (Å²) >= 11 is 0. The van der Waals surface area contributed by atoms with Gasteiger partial charge in [-0.3, -0.25) is 9.59 Å². The Labute approximate surface area is 117 Å². The number of carbonyl (C=O) groups excluding carboxylic acids is 2. The molecule has 0 aliphatic carbocycles. The Morgan fingerprint density at radius 2 is 1.80 bits per heavy atom. The van der Waals surface area contributed by atoms with Gasteiger partial charge >= 0.3 is 0 Å². The van der Waals surface area contributed by atoms with Crippen molar-refractivity contribution in [3.05, 3.63) is 29.6 Å². The number of para-hydroxylation sites is 1. The Kier molecular flexibility index (Phi) is 4.22. The van der Waals surface area contributed by atoms with Crippen molar-refractivity contribution in [1.29, 1.82) is 0 Å². The van der Waals surface area contributed by atoms with Gasteiger partial charge in [0.25, 0.3) is 5.91 Å². The Bertz CT molecular complexity index is 533. The molecule has 0 atom stereocenters. The van der Waals surface area contributed by atoms with E-state index in [1.807, 2.05) is 0 Å². The van der Waals surface area contributed by atoms with Crippen LogP contribution in [0.25, 0.3) is 0 Å². The summed E-state index contributed by atoms with van der Waals surface area (Å²) < 4.78 is 13.4. The highest BCUT2D eigenvalue weighted by atomic mass is 19.1. The highest BCUT2D eigenvalue weighted by molar-refractivity contribution is 5.99. The third kappa shape index (κ3) is 2.89. The van der Waals surface area contributed by atoms with Crippen molar-refractivity contribution in [2.24, 2.45) is 0 Å². The lowest BCUT2D eigenvalue weighted by Crippen LogP contribution is -2.36. The second-order valence-corrected chi connectivity index (χ2v) is 4.85. The quantitative estimate of drug-likeness (QED) is 0.783. The molecule has 1 heterocycles. The number of halogens is 1. The molecule has 1 aromatic carbocycles. The molecule has 20 heavy (non-hydrogen) atoms. The van der Waals surface area contributed by atoms with Gasteiger partial charge in [0.1, 0.15) is 5.82 Å². The van der Waals surface area contributed by atoms with Crippen molar-refractivity contribution >= 4 is 17.5 Å². The number of carbonyl (C=O) groups is 2. The van der Waals surface area contributed by atoms with E-state index in [0.717, 1.165) is 0 Å². The monoisotopic (exact) mass is 279 g/mol. The molecule has 0 bridgehead atoms. The highest BCUT2D eigenvalue weighted by Crippen LogP contribution is 2.18. The summed E-state index contributed by atoms with van der Waals surface area (Å²) in [6, 6.07) is 4.22. The average Bonchev–Trinajstić information content (AvgIpc) is 2.67. The van der Waals surface area contributed by atoms with Gasteiger partial charge in [-0.1, -0.05) is 6.07 Å². The minimum Gasteiger partial charge on any atom is -0.396 e. The molecule has 2 rings (SSSR count). The number of nitrogens with two attached hydrogens (primary N) is 1. The standard InChI is InChI=1S/C14H18FN3O2/c1-10(19)17-6-3-7-18(9-8-17)14(20)11-4-2-5-12(15)13(11)16/h2,4-5H,3,6-9,16H2,1H3. The Morgan fingerprint density at radius 3 is 2.50 bits per heavy atom. The second kappa shape index (κ2) is 5.90. The van der Waals surface area contributed by atoms with E-state index in [4.69, 9.17) is 5.73 Å². The van der Waals surface area contributed by atoms with Crippen LogP contribution in [0.2, 0.25) is 0 Å². The van der Waals surface area contributed by atoms with Crippen LogP contribution in [0.1, 0.15) is 23.7 Å². The maximum atomic E-state index is 13.4. The van der Waals surface area contributed by atoms with Crippen LogP contribution in [0.15, 0.2) is 18.2 Å². The lowest BCUT2D eigenvalue weighted by atomic mass is 10.1. The second-order valence-electron chi connectivity index (χ2n) is 4.85. The predicted molar refractivity (Wildman–Crippen MR) is 73.6 cm³/mol. The first-order valence-electron chi connectivity index (χ1n) is 6.59. The summed E-state index contributed by atoms with van der Waals surface area (Å²) in [5.41, 5.74) is 5.68. The van der Waals surface area contributed by atoms with Crippen LogP contribution in [-0.4, -0.2) is 47.8 Å². The lowest BCUT2D eigenvalue weighted by Gasteiger charge is -2.22. The molecular formula is C14H18FN3O2. The first kappa shape index (κ1) is 14.3. The molecule has 2 amide bonds. The summed E-state index contributed by atoms with van der Waals surface area (Å²) in [4.78, 5) is 27.1. The first-order chi connectivity index (χ1) is 9.50. The molecule has 108 valence electrons. The van der Waals surface area contributed by atoms with E-state index in [1.54, 1.807) is 9.80 Å². The van der Waals surface area contributed by atoms with Crippen molar-refractivity contribution in [1.82, 2.24) is 9.80 Å². The van der Waals surface area contributed by atoms with Crippen molar-refractivity contribution in [3.63, 3.8) is 0 Å². The fourth-order valence-electron chi connectivity index (χ4n) is 2.33. The van der Waals surface area contributed by atoms with Gasteiger partial charge in [-0.05, 0) is 18.6 Å². The molecule has 2 N–H and O–H groups in total. The molecular weight excluding hydrogens is 261 g/mol. The van der Waals surface area contributed by atoms with Gasteiger partial charge in [-0.15, -0.1) is 0 Å². The van der Waals surface area contributed by atoms with Crippen LogP contribution in [0, 0.1) is 5.82 Å². The Balaban J connectivity index is 2.13. The predicted octanol–water partition coefficient (Wildman–Crippen LogP) is 1.10. The maximum absolute atomic E-state index is 13.4. The smallest absolute Gasteiger partial charge is 0.256 e. The van der Waals surface area contributed by atoms with Crippen LogP contribution in [0.3, 0.4) is 0 Å².